The first kappa shape index (κ1) is 29.8. The van der Waals surface area contributed by atoms with Crippen LogP contribution in [-0.4, -0.2) is 9.97 Å². The Bertz CT molecular complexity index is 2670. The van der Waals surface area contributed by atoms with Gasteiger partial charge in [0.2, 0.25) is 0 Å². The van der Waals surface area contributed by atoms with Crippen molar-refractivity contribution in [1.29, 1.82) is 0 Å². The number of nitrogens with zero attached hydrogens (tertiary/aromatic N) is 2. The molecule has 1 aromatic heterocycles. The molecule has 2 aliphatic carbocycles. The summed E-state index contributed by atoms with van der Waals surface area (Å²) >= 11 is 0. The van der Waals surface area contributed by atoms with Gasteiger partial charge in [0.1, 0.15) is 0 Å². The zero-order chi connectivity index (χ0) is 34.3. The monoisotopic (exact) mass is 652 g/mol. The number of aromatic nitrogens is 2. The Balaban J connectivity index is 1.24. The van der Waals surface area contributed by atoms with E-state index < -0.39 is 0 Å². The third-order valence-electron chi connectivity index (χ3n) is 11.6. The Morgan fingerprint density at radius 2 is 0.922 bits per heavy atom. The molecule has 0 amide bonds. The highest BCUT2D eigenvalue weighted by atomic mass is 14.9. The summed E-state index contributed by atoms with van der Waals surface area (Å²) in [6, 6.07) is 59.4. The standard InChI is InChI=1S/C49H36N2/c1-48(2)40-26-14-23-37(46(40)38-28-32-18-10-11-19-33(32)29-42(38)48)44-30-43(50-47(51-44)31-16-6-4-7-17-31)36-24-15-27-41-45(36)35-22-12-13-25-39(35)49(41,3)34-20-8-5-9-21-34/h4-30H,1-3H3. The molecule has 0 saturated heterocycles. The van der Waals surface area contributed by atoms with E-state index in [1.165, 1.54) is 60.8 Å². The summed E-state index contributed by atoms with van der Waals surface area (Å²) in [5.41, 5.74) is 16.4. The second kappa shape index (κ2) is 10.9. The summed E-state index contributed by atoms with van der Waals surface area (Å²) in [7, 11) is 0. The first-order valence-corrected chi connectivity index (χ1v) is 17.8. The van der Waals surface area contributed by atoms with Gasteiger partial charge in [0.05, 0.1) is 11.4 Å². The highest BCUT2D eigenvalue weighted by Crippen LogP contribution is 2.56. The third-order valence-corrected chi connectivity index (χ3v) is 11.6. The van der Waals surface area contributed by atoms with Crippen molar-refractivity contribution in [1.82, 2.24) is 9.97 Å². The van der Waals surface area contributed by atoms with Gasteiger partial charge in [-0.3, -0.25) is 0 Å². The van der Waals surface area contributed by atoms with E-state index in [2.05, 4.69) is 178 Å². The molecule has 2 aliphatic rings. The summed E-state index contributed by atoms with van der Waals surface area (Å²) in [4.78, 5) is 10.7. The van der Waals surface area contributed by atoms with Crippen LogP contribution in [0.15, 0.2) is 164 Å². The van der Waals surface area contributed by atoms with Gasteiger partial charge < -0.3 is 0 Å². The average Bonchev–Trinajstić information content (AvgIpc) is 3.59. The maximum absolute atomic E-state index is 5.37. The van der Waals surface area contributed by atoms with Crippen molar-refractivity contribution < 1.29 is 0 Å². The lowest BCUT2D eigenvalue weighted by atomic mass is 9.74. The van der Waals surface area contributed by atoms with Crippen LogP contribution in [-0.2, 0) is 10.8 Å². The molecule has 10 rings (SSSR count). The van der Waals surface area contributed by atoms with E-state index >= 15 is 0 Å². The number of hydrogen-bond donors (Lipinski definition) is 0. The Kier molecular flexibility index (Phi) is 6.38. The SMILES string of the molecule is CC1(C)c2cc3ccccc3cc2-c2c(-c3cc(-c4cccc5c4-c4ccccc4C5(C)c4ccccc4)nc(-c4ccccc4)n3)cccc21. The third kappa shape index (κ3) is 4.29. The molecule has 0 saturated carbocycles. The van der Waals surface area contributed by atoms with E-state index in [1.807, 2.05) is 6.07 Å². The molecule has 0 fully saturated rings. The summed E-state index contributed by atoms with van der Waals surface area (Å²) < 4.78 is 0. The summed E-state index contributed by atoms with van der Waals surface area (Å²) in [6.45, 7) is 7.07. The zero-order valence-electron chi connectivity index (χ0n) is 29.0. The average molecular weight is 653 g/mol. The summed E-state index contributed by atoms with van der Waals surface area (Å²) in [5, 5.41) is 2.53. The van der Waals surface area contributed by atoms with Crippen molar-refractivity contribution in [2.24, 2.45) is 0 Å². The van der Waals surface area contributed by atoms with E-state index in [1.54, 1.807) is 0 Å². The minimum Gasteiger partial charge on any atom is -0.228 e. The molecular formula is C49H36N2. The highest BCUT2D eigenvalue weighted by molar-refractivity contribution is 5.99. The van der Waals surface area contributed by atoms with Crippen LogP contribution in [0.4, 0.5) is 0 Å². The quantitative estimate of drug-likeness (QED) is 0.189. The molecule has 0 bridgehead atoms. The van der Waals surface area contributed by atoms with Gasteiger partial charge in [0.15, 0.2) is 5.82 Å². The van der Waals surface area contributed by atoms with Gasteiger partial charge in [-0.25, -0.2) is 9.97 Å². The van der Waals surface area contributed by atoms with Crippen molar-refractivity contribution in [3.63, 3.8) is 0 Å². The number of rotatable bonds is 4. The fourth-order valence-corrected chi connectivity index (χ4v) is 8.96. The van der Waals surface area contributed by atoms with Crippen LogP contribution in [0.5, 0.6) is 0 Å². The topological polar surface area (TPSA) is 25.8 Å². The van der Waals surface area contributed by atoms with E-state index in [-0.39, 0.29) is 10.8 Å². The second-order valence-electron chi connectivity index (χ2n) is 14.7. The summed E-state index contributed by atoms with van der Waals surface area (Å²) in [6.07, 6.45) is 0. The first-order valence-electron chi connectivity index (χ1n) is 17.8. The molecule has 0 spiro atoms. The summed E-state index contributed by atoms with van der Waals surface area (Å²) in [5.74, 6) is 0.728. The van der Waals surface area contributed by atoms with Crippen LogP contribution < -0.4 is 0 Å². The van der Waals surface area contributed by atoms with Gasteiger partial charge in [-0.05, 0) is 86.0 Å². The molecule has 2 heteroatoms. The molecule has 2 nitrogen and oxygen atoms in total. The van der Waals surface area contributed by atoms with Gasteiger partial charge in [0, 0.05) is 27.5 Å². The molecule has 7 aromatic carbocycles. The molecule has 8 aromatic rings. The van der Waals surface area contributed by atoms with Crippen LogP contribution in [0.25, 0.3) is 66.9 Å². The Morgan fingerprint density at radius 3 is 1.63 bits per heavy atom. The molecule has 51 heavy (non-hydrogen) atoms. The lowest BCUT2D eigenvalue weighted by Gasteiger charge is -2.28. The Labute approximate surface area is 299 Å². The van der Waals surface area contributed by atoms with Gasteiger partial charge in [0.25, 0.3) is 0 Å². The zero-order valence-corrected chi connectivity index (χ0v) is 29.0. The number of benzene rings is 7. The molecule has 0 aliphatic heterocycles. The lowest BCUT2D eigenvalue weighted by molar-refractivity contribution is 0.661. The van der Waals surface area contributed by atoms with Crippen LogP contribution in [0.1, 0.15) is 48.6 Å². The number of fused-ring (bicyclic) bond motifs is 7. The molecule has 1 unspecified atom stereocenters. The van der Waals surface area contributed by atoms with Gasteiger partial charge in [-0.2, -0.15) is 0 Å². The first-order chi connectivity index (χ1) is 24.9. The minimum absolute atomic E-state index is 0.144. The van der Waals surface area contributed by atoms with E-state index in [9.17, 15) is 0 Å². The van der Waals surface area contributed by atoms with Crippen LogP contribution in [0.2, 0.25) is 0 Å². The minimum atomic E-state index is -0.292. The van der Waals surface area contributed by atoms with Gasteiger partial charge >= 0.3 is 0 Å². The smallest absolute Gasteiger partial charge is 0.160 e. The van der Waals surface area contributed by atoms with Crippen molar-refractivity contribution in [3.05, 3.63) is 192 Å². The fraction of sp³-hybridized carbons (Fsp3) is 0.102. The van der Waals surface area contributed by atoms with Crippen LogP contribution in [0.3, 0.4) is 0 Å². The van der Waals surface area contributed by atoms with Crippen LogP contribution in [0, 0.1) is 0 Å². The molecule has 242 valence electrons. The van der Waals surface area contributed by atoms with E-state index in [4.69, 9.17) is 9.97 Å². The number of hydrogen-bond acceptors (Lipinski definition) is 2. The maximum Gasteiger partial charge on any atom is 0.160 e. The van der Waals surface area contributed by atoms with Gasteiger partial charge in [-0.15, -0.1) is 0 Å². The van der Waals surface area contributed by atoms with Crippen molar-refractivity contribution >= 4 is 10.8 Å². The maximum atomic E-state index is 5.37. The Hall–Kier alpha value is -6.12. The molecule has 0 radical (unpaired) electrons. The van der Waals surface area contributed by atoms with E-state index in [0.29, 0.717) is 0 Å². The van der Waals surface area contributed by atoms with Crippen LogP contribution >= 0.6 is 0 Å². The largest absolute Gasteiger partial charge is 0.228 e. The second-order valence-corrected chi connectivity index (χ2v) is 14.7. The fourth-order valence-electron chi connectivity index (χ4n) is 8.96. The highest BCUT2D eigenvalue weighted by Gasteiger charge is 2.42. The van der Waals surface area contributed by atoms with Crippen molar-refractivity contribution in [2.75, 3.05) is 0 Å². The predicted molar refractivity (Wildman–Crippen MR) is 211 cm³/mol. The molecule has 1 atom stereocenters. The molecule has 1 heterocycles. The lowest BCUT2D eigenvalue weighted by Crippen LogP contribution is -2.22. The Morgan fingerprint density at radius 1 is 0.392 bits per heavy atom. The molecular weight excluding hydrogens is 617 g/mol. The molecule has 0 N–H and O–H groups in total. The predicted octanol–water partition coefficient (Wildman–Crippen LogP) is 12.3. The van der Waals surface area contributed by atoms with Crippen molar-refractivity contribution in [3.8, 4) is 56.2 Å². The van der Waals surface area contributed by atoms with Crippen molar-refractivity contribution in [2.45, 2.75) is 31.6 Å². The normalized spacial score (nSPS) is 16.4. The van der Waals surface area contributed by atoms with E-state index in [0.717, 1.165) is 33.9 Å². The van der Waals surface area contributed by atoms with Gasteiger partial charge in [-0.1, -0.05) is 159 Å².